The van der Waals surface area contributed by atoms with Crippen molar-refractivity contribution in [3.05, 3.63) is 35.1 Å². The third-order valence-corrected chi connectivity index (χ3v) is 3.89. The Hall–Kier alpha value is -1.35. The van der Waals surface area contributed by atoms with Crippen LogP contribution >= 0.6 is 22.3 Å². The van der Waals surface area contributed by atoms with Crippen LogP contribution in [0.3, 0.4) is 0 Å². The van der Waals surface area contributed by atoms with E-state index in [9.17, 15) is 8.42 Å². The summed E-state index contributed by atoms with van der Waals surface area (Å²) in [5.41, 5.74) is 0.179. The molecular formula is C10H4Cl2N2O2S. The highest BCUT2D eigenvalue weighted by Gasteiger charge is 2.17. The fraction of sp³-hybridized carbons (Fsp3) is 0. The molecule has 0 aliphatic rings. The van der Waals surface area contributed by atoms with E-state index in [2.05, 4.69) is 4.98 Å². The van der Waals surface area contributed by atoms with Crippen molar-refractivity contribution >= 4 is 42.1 Å². The molecule has 0 atom stereocenters. The Kier molecular flexibility index (Phi) is 2.96. The van der Waals surface area contributed by atoms with E-state index in [0.717, 1.165) is 6.20 Å². The highest BCUT2D eigenvalue weighted by atomic mass is 35.7. The molecule has 0 fully saturated rings. The Morgan fingerprint density at radius 1 is 1.24 bits per heavy atom. The molecule has 2 aromatic rings. The van der Waals surface area contributed by atoms with Gasteiger partial charge in [-0.05, 0) is 6.07 Å². The van der Waals surface area contributed by atoms with Crippen LogP contribution in [0.2, 0.25) is 5.02 Å². The first kappa shape index (κ1) is 12.1. The van der Waals surface area contributed by atoms with E-state index < -0.39 is 9.05 Å². The summed E-state index contributed by atoms with van der Waals surface area (Å²) in [5, 5.41) is 9.90. The van der Waals surface area contributed by atoms with Crippen LogP contribution in [0.1, 0.15) is 5.56 Å². The summed E-state index contributed by atoms with van der Waals surface area (Å²) >= 11 is 5.84. The molecule has 1 aromatic carbocycles. The SMILES string of the molecule is N#Cc1c(Cl)ccc2c(S(=O)(=O)Cl)cncc12. The molecule has 0 N–H and O–H groups in total. The largest absolute Gasteiger partial charge is 0.263 e. The zero-order valence-electron chi connectivity index (χ0n) is 8.18. The van der Waals surface area contributed by atoms with Crippen LogP contribution in [-0.4, -0.2) is 13.4 Å². The standard InChI is InChI=1S/C10H4Cl2N2O2S/c11-9-2-1-6-8(7(9)3-13)4-14-5-10(6)17(12,15)16/h1-2,4-5H. The van der Waals surface area contributed by atoms with E-state index in [4.69, 9.17) is 27.5 Å². The van der Waals surface area contributed by atoms with E-state index in [-0.39, 0.29) is 15.5 Å². The van der Waals surface area contributed by atoms with Gasteiger partial charge in [-0.2, -0.15) is 5.26 Å². The van der Waals surface area contributed by atoms with Gasteiger partial charge in [0.25, 0.3) is 9.05 Å². The van der Waals surface area contributed by atoms with Gasteiger partial charge < -0.3 is 0 Å². The van der Waals surface area contributed by atoms with Crippen LogP contribution in [0.25, 0.3) is 10.8 Å². The quantitative estimate of drug-likeness (QED) is 0.756. The number of rotatable bonds is 1. The Balaban J connectivity index is 3.00. The van der Waals surface area contributed by atoms with Gasteiger partial charge in [-0.3, -0.25) is 4.98 Å². The number of nitrogens with zero attached hydrogens (tertiary/aromatic N) is 2. The first-order chi connectivity index (χ1) is 7.95. The average Bonchev–Trinajstić information content (AvgIpc) is 2.26. The van der Waals surface area contributed by atoms with Gasteiger partial charge in [-0.25, -0.2) is 8.42 Å². The maximum absolute atomic E-state index is 11.3. The lowest BCUT2D eigenvalue weighted by Crippen LogP contribution is -1.95. The van der Waals surface area contributed by atoms with Gasteiger partial charge in [0.2, 0.25) is 0 Å². The van der Waals surface area contributed by atoms with E-state index in [1.807, 2.05) is 6.07 Å². The molecule has 0 saturated heterocycles. The predicted octanol–water partition coefficient (Wildman–Crippen LogP) is 2.69. The number of hydrogen-bond acceptors (Lipinski definition) is 4. The molecule has 0 spiro atoms. The monoisotopic (exact) mass is 286 g/mol. The van der Waals surface area contributed by atoms with Crippen molar-refractivity contribution < 1.29 is 8.42 Å². The number of hydrogen-bond donors (Lipinski definition) is 0. The van der Waals surface area contributed by atoms with Crippen molar-refractivity contribution in [3.8, 4) is 6.07 Å². The predicted molar refractivity (Wildman–Crippen MR) is 64.5 cm³/mol. The number of fused-ring (bicyclic) bond motifs is 1. The smallest absolute Gasteiger partial charge is 0.263 e. The van der Waals surface area contributed by atoms with Crippen molar-refractivity contribution in [2.75, 3.05) is 0 Å². The molecule has 0 saturated carbocycles. The van der Waals surface area contributed by atoms with Gasteiger partial charge in [-0.15, -0.1) is 0 Å². The zero-order chi connectivity index (χ0) is 12.6. The molecule has 2 rings (SSSR count). The number of aromatic nitrogens is 1. The van der Waals surface area contributed by atoms with E-state index >= 15 is 0 Å². The summed E-state index contributed by atoms with van der Waals surface area (Å²) < 4.78 is 22.7. The van der Waals surface area contributed by atoms with Gasteiger partial charge in [0.05, 0.1) is 10.6 Å². The first-order valence-corrected chi connectivity index (χ1v) is 7.05. The van der Waals surface area contributed by atoms with Crippen LogP contribution in [0.4, 0.5) is 0 Å². The fourth-order valence-electron chi connectivity index (χ4n) is 1.50. The number of halogens is 2. The topological polar surface area (TPSA) is 70.8 Å². The number of benzene rings is 1. The summed E-state index contributed by atoms with van der Waals surface area (Å²) in [7, 11) is 1.38. The zero-order valence-corrected chi connectivity index (χ0v) is 10.5. The molecule has 0 unspecified atom stereocenters. The van der Waals surface area contributed by atoms with Crippen LogP contribution in [-0.2, 0) is 9.05 Å². The van der Waals surface area contributed by atoms with Gasteiger partial charge in [0.1, 0.15) is 11.0 Å². The molecule has 1 aromatic heterocycles. The molecule has 17 heavy (non-hydrogen) atoms. The Bertz CT molecular complexity index is 751. The third kappa shape index (κ3) is 2.07. The van der Waals surface area contributed by atoms with Crippen LogP contribution in [0.5, 0.6) is 0 Å². The summed E-state index contributed by atoms with van der Waals surface area (Å²) in [5.74, 6) is 0. The minimum absolute atomic E-state index is 0.134. The van der Waals surface area contributed by atoms with E-state index in [1.165, 1.54) is 18.3 Å². The van der Waals surface area contributed by atoms with Gasteiger partial charge >= 0.3 is 0 Å². The second kappa shape index (κ2) is 4.15. The van der Waals surface area contributed by atoms with Gasteiger partial charge in [0, 0.05) is 33.8 Å². The molecule has 0 amide bonds. The van der Waals surface area contributed by atoms with Crippen molar-refractivity contribution in [3.63, 3.8) is 0 Å². The molecule has 4 nitrogen and oxygen atoms in total. The Labute approximate surface area is 107 Å². The van der Waals surface area contributed by atoms with Crippen molar-refractivity contribution in [2.24, 2.45) is 0 Å². The minimum Gasteiger partial charge on any atom is -0.263 e. The molecule has 86 valence electrons. The second-order valence-corrected chi connectivity index (χ2v) is 6.15. The number of pyridine rings is 1. The molecule has 0 aliphatic carbocycles. The molecule has 0 bridgehead atoms. The molecule has 7 heteroatoms. The lowest BCUT2D eigenvalue weighted by Gasteiger charge is -2.05. The van der Waals surface area contributed by atoms with E-state index in [0.29, 0.717) is 10.8 Å². The maximum Gasteiger partial charge on any atom is 0.263 e. The fourth-order valence-corrected chi connectivity index (χ4v) is 2.70. The maximum atomic E-state index is 11.3. The normalized spacial score (nSPS) is 11.4. The van der Waals surface area contributed by atoms with Crippen LogP contribution in [0.15, 0.2) is 29.4 Å². The first-order valence-electron chi connectivity index (χ1n) is 4.36. The molecule has 0 aliphatic heterocycles. The van der Waals surface area contributed by atoms with Gasteiger partial charge in [0.15, 0.2) is 0 Å². The Morgan fingerprint density at radius 3 is 2.53 bits per heavy atom. The minimum atomic E-state index is -3.91. The van der Waals surface area contributed by atoms with Crippen LogP contribution < -0.4 is 0 Å². The Morgan fingerprint density at radius 2 is 1.94 bits per heavy atom. The molecule has 1 heterocycles. The lowest BCUT2D eigenvalue weighted by molar-refractivity contribution is 0.610. The second-order valence-electron chi connectivity index (χ2n) is 3.20. The highest BCUT2D eigenvalue weighted by Crippen LogP contribution is 2.30. The molecule has 0 radical (unpaired) electrons. The van der Waals surface area contributed by atoms with Gasteiger partial charge in [-0.1, -0.05) is 17.7 Å². The lowest BCUT2D eigenvalue weighted by atomic mass is 10.1. The van der Waals surface area contributed by atoms with Crippen molar-refractivity contribution in [2.45, 2.75) is 4.90 Å². The van der Waals surface area contributed by atoms with Crippen molar-refractivity contribution in [1.82, 2.24) is 4.98 Å². The van der Waals surface area contributed by atoms with Crippen LogP contribution in [0, 0.1) is 11.3 Å². The summed E-state index contributed by atoms with van der Waals surface area (Å²) in [6, 6.07) is 4.85. The molecular weight excluding hydrogens is 283 g/mol. The summed E-state index contributed by atoms with van der Waals surface area (Å²) in [6.45, 7) is 0. The third-order valence-electron chi connectivity index (χ3n) is 2.23. The summed E-state index contributed by atoms with van der Waals surface area (Å²) in [6.07, 6.45) is 2.52. The van der Waals surface area contributed by atoms with Crippen molar-refractivity contribution in [1.29, 1.82) is 5.26 Å². The highest BCUT2D eigenvalue weighted by molar-refractivity contribution is 8.14. The van der Waals surface area contributed by atoms with E-state index in [1.54, 1.807) is 0 Å². The number of nitriles is 1. The summed E-state index contributed by atoms with van der Waals surface area (Å²) in [4.78, 5) is 3.62. The average molecular weight is 287 g/mol.